The largest absolute Gasteiger partial charge is 0.381 e. The van der Waals surface area contributed by atoms with Crippen molar-refractivity contribution in [2.75, 3.05) is 25.1 Å². The molecule has 1 saturated heterocycles. The van der Waals surface area contributed by atoms with Gasteiger partial charge < -0.3 is 10.1 Å². The molecule has 1 N–H and O–H groups in total. The summed E-state index contributed by atoms with van der Waals surface area (Å²) in [6, 6.07) is 7.29. The highest BCUT2D eigenvalue weighted by Gasteiger charge is 2.36. The second-order valence-electron chi connectivity index (χ2n) is 6.91. The maximum Gasteiger partial charge on any atom is 0.332 e. The molecule has 1 aliphatic rings. The summed E-state index contributed by atoms with van der Waals surface area (Å²) < 4.78 is 7.72. The first-order valence-corrected chi connectivity index (χ1v) is 9.53. The van der Waals surface area contributed by atoms with Crippen molar-refractivity contribution in [1.82, 2.24) is 9.13 Å². The van der Waals surface area contributed by atoms with Gasteiger partial charge in [0.25, 0.3) is 5.56 Å². The van der Waals surface area contributed by atoms with Crippen LogP contribution in [-0.2, 0) is 24.2 Å². The summed E-state index contributed by atoms with van der Waals surface area (Å²) in [6.07, 6.45) is 1.39. The summed E-state index contributed by atoms with van der Waals surface area (Å²) in [5.74, 6) is 0.201. The lowest BCUT2D eigenvalue weighted by atomic mass is 9.74. The third kappa shape index (κ3) is 3.55. The van der Waals surface area contributed by atoms with E-state index in [-0.39, 0.29) is 16.8 Å². The fraction of sp³-hybridized carbons (Fsp3) is 0.421. The molecule has 9 heteroatoms. The molecule has 0 spiro atoms. The minimum absolute atomic E-state index is 0.103. The molecule has 1 aromatic carbocycles. The van der Waals surface area contributed by atoms with Crippen LogP contribution in [0, 0.1) is 11.3 Å². The van der Waals surface area contributed by atoms with E-state index in [0.717, 1.165) is 10.1 Å². The van der Waals surface area contributed by atoms with E-state index in [1.54, 1.807) is 12.1 Å². The van der Waals surface area contributed by atoms with Crippen molar-refractivity contribution in [2.24, 2.45) is 14.1 Å². The van der Waals surface area contributed by atoms with Crippen molar-refractivity contribution in [3.05, 3.63) is 60.2 Å². The molecule has 0 radical (unpaired) electrons. The molecule has 1 fully saturated rings. The molecule has 2 aromatic rings. The average Bonchev–Trinajstić information content (AvgIpc) is 2.68. The van der Waals surface area contributed by atoms with Gasteiger partial charge in [0.2, 0.25) is 0 Å². The van der Waals surface area contributed by atoms with Crippen LogP contribution >= 0.6 is 23.2 Å². The Hall–Kier alpha value is -2.27. The van der Waals surface area contributed by atoms with E-state index in [4.69, 9.17) is 27.9 Å². The Morgan fingerprint density at radius 3 is 2.50 bits per heavy atom. The van der Waals surface area contributed by atoms with Gasteiger partial charge in [-0.05, 0) is 30.5 Å². The Morgan fingerprint density at radius 2 is 1.89 bits per heavy atom. The highest BCUT2D eigenvalue weighted by atomic mass is 35.5. The van der Waals surface area contributed by atoms with Crippen molar-refractivity contribution in [1.29, 1.82) is 5.26 Å². The Morgan fingerprint density at radius 1 is 1.21 bits per heavy atom. The summed E-state index contributed by atoms with van der Waals surface area (Å²) in [5, 5.41) is 13.7. The smallest absolute Gasteiger partial charge is 0.332 e. The van der Waals surface area contributed by atoms with Crippen LogP contribution in [0.4, 0.5) is 5.82 Å². The third-order valence-electron chi connectivity index (χ3n) is 5.32. The zero-order chi connectivity index (χ0) is 20.5. The first-order valence-electron chi connectivity index (χ1n) is 8.78. The highest BCUT2D eigenvalue weighted by molar-refractivity contribution is 6.35. The summed E-state index contributed by atoms with van der Waals surface area (Å²) in [5.41, 5.74) is -0.699. The van der Waals surface area contributed by atoms with Crippen LogP contribution in [-0.4, -0.2) is 28.9 Å². The third-order valence-corrected chi connectivity index (χ3v) is 5.87. The molecule has 1 aromatic heterocycles. The maximum atomic E-state index is 12.3. The van der Waals surface area contributed by atoms with Gasteiger partial charge in [0.15, 0.2) is 5.56 Å². The van der Waals surface area contributed by atoms with Crippen LogP contribution in [0.15, 0.2) is 27.8 Å². The van der Waals surface area contributed by atoms with Gasteiger partial charge in [-0.3, -0.25) is 13.9 Å². The first-order chi connectivity index (χ1) is 13.3. The summed E-state index contributed by atoms with van der Waals surface area (Å²) in [4.78, 5) is 24.6. The molecule has 0 saturated carbocycles. The monoisotopic (exact) mass is 422 g/mol. The second kappa shape index (κ2) is 8.00. The molecule has 0 atom stereocenters. The standard InChI is InChI=1S/C19H20Cl2N4O3/c1-24-16(13(10-22)17(26)25(2)18(24)27)23-11-19(5-7-28-8-6-19)14-4-3-12(20)9-15(14)21/h3-4,9,23H,5-8,11H2,1-2H3. The number of aromatic nitrogens is 2. The van der Waals surface area contributed by atoms with E-state index in [1.807, 2.05) is 12.1 Å². The van der Waals surface area contributed by atoms with Crippen molar-refractivity contribution in [2.45, 2.75) is 18.3 Å². The zero-order valence-corrected chi connectivity index (χ0v) is 17.1. The number of nitriles is 1. The average molecular weight is 423 g/mol. The predicted molar refractivity (Wildman–Crippen MR) is 108 cm³/mol. The van der Waals surface area contributed by atoms with Crippen molar-refractivity contribution >= 4 is 29.0 Å². The predicted octanol–water partition coefficient (Wildman–Crippen LogP) is 2.42. The van der Waals surface area contributed by atoms with Crippen LogP contribution in [0.1, 0.15) is 24.0 Å². The van der Waals surface area contributed by atoms with Crippen LogP contribution in [0.3, 0.4) is 0 Å². The number of hydrogen-bond donors (Lipinski definition) is 1. The maximum absolute atomic E-state index is 12.3. The number of halogens is 2. The van der Waals surface area contributed by atoms with Crippen LogP contribution < -0.4 is 16.6 Å². The van der Waals surface area contributed by atoms with E-state index in [2.05, 4.69) is 5.32 Å². The summed E-state index contributed by atoms with van der Waals surface area (Å²) >= 11 is 12.5. The van der Waals surface area contributed by atoms with Crippen LogP contribution in [0.5, 0.6) is 0 Å². The van der Waals surface area contributed by atoms with Gasteiger partial charge in [-0.15, -0.1) is 0 Å². The van der Waals surface area contributed by atoms with E-state index in [1.165, 1.54) is 18.7 Å². The Balaban J connectivity index is 2.05. The van der Waals surface area contributed by atoms with Crippen molar-refractivity contribution < 1.29 is 4.74 Å². The fourth-order valence-electron chi connectivity index (χ4n) is 3.63. The van der Waals surface area contributed by atoms with E-state index in [9.17, 15) is 14.9 Å². The normalized spacial score (nSPS) is 15.8. The van der Waals surface area contributed by atoms with Crippen molar-refractivity contribution in [3.8, 4) is 6.07 Å². The summed E-state index contributed by atoms with van der Waals surface area (Å²) in [6.45, 7) is 1.50. The van der Waals surface area contributed by atoms with Crippen LogP contribution in [0.25, 0.3) is 0 Å². The highest BCUT2D eigenvalue weighted by Crippen LogP contribution is 2.39. The number of anilines is 1. The lowest BCUT2D eigenvalue weighted by Crippen LogP contribution is -2.43. The van der Waals surface area contributed by atoms with Gasteiger partial charge in [-0.2, -0.15) is 5.26 Å². The van der Waals surface area contributed by atoms with Gasteiger partial charge in [-0.1, -0.05) is 29.3 Å². The Kier molecular flexibility index (Phi) is 5.84. The van der Waals surface area contributed by atoms with Gasteiger partial charge in [0.05, 0.1) is 0 Å². The number of benzene rings is 1. The topological polar surface area (TPSA) is 89.1 Å². The molecule has 0 unspecified atom stereocenters. The molecular formula is C19H20Cl2N4O3. The van der Waals surface area contributed by atoms with Gasteiger partial charge in [0, 0.05) is 49.3 Å². The van der Waals surface area contributed by atoms with Crippen molar-refractivity contribution in [3.63, 3.8) is 0 Å². The number of rotatable bonds is 4. The second-order valence-corrected chi connectivity index (χ2v) is 7.76. The minimum Gasteiger partial charge on any atom is -0.381 e. The molecule has 7 nitrogen and oxygen atoms in total. The first kappa shape index (κ1) is 20.5. The Labute approximate surface area is 172 Å². The van der Waals surface area contributed by atoms with E-state index < -0.39 is 11.2 Å². The molecule has 0 aliphatic carbocycles. The molecule has 148 valence electrons. The Bertz CT molecular complexity index is 1060. The lowest BCUT2D eigenvalue weighted by Gasteiger charge is -2.39. The summed E-state index contributed by atoms with van der Waals surface area (Å²) in [7, 11) is 2.87. The number of hydrogen-bond acceptors (Lipinski definition) is 5. The lowest BCUT2D eigenvalue weighted by molar-refractivity contribution is 0.0544. The van der Waals surface area contributed by atoms with Gasteiger partial charge >= 0.3 is 5.69 Å². The molecule has 3 rings (SSSR count). The molecular weight excluding hydrogens is 403 g/mol. The molecule has 1 aliphatic heterocycles. The van der Waals surface area contributed by atoms with E-state index in [0.29, 0.717) is 42.6 Å². The number of nitrogens with one attached hydrogen (secondary N) is 1. The zero-order valence-electron chi connectivity index (χ0n) is 15.6. The minimum atomic E-state index is -0.626. The SMILES string of the molecule is Cn1c(NCC2(c3ccc(Cl)cc3Cl)CCOCC2)c(C#N)c(=O)n(C)c1=O. The molecule has 0 bridgehead atoms. The quantitative estimate of drug-likeness (QED) is 0.816. The number of ether oxygens (including phenoxy) is 1. The van der Waals surface area contributed by atoms with Gasteiger partial charge in [0.1, 0.15) is 11.9 Å². The fourth-order valence-corrected chi connectivity index (χ4v) is 4.24. The number of nitrogens with zero attached hydrogens (tertiary/aromatic N) is 3. The molecule has 0 amide bonds. The molecule has 28 heavy (non-hydrogen) atoms. The van der Waals surface area contributed by atoms with Crippen LogP contribution in [0.2, 0.25) is 10.0 Å². The van der Waals surface area contributed by atoms with Gasteiger partial charge in [-0.25, -0.2) is 4.79 Å². The molecule has 2 heterocycles. The van der Waals surface area contributed by atoms with E-state index >= 15 is 0 Å².